The molecule has 116 valence electrons. The van der Waals surface area contributed by atoms with Crippen LogP contribution in [0.1, 0.15) is 35.4 Å². The van der Waals surface area contributed by atoms with E-state index in [4.69, 9.17) is 9.47 Å². The van der Waals surface area contributed by atoms with Crippen molar-refractivity contribution in [1.29, 1.82) is 0 Å². The number of rotatable bonds is 2. The summed E-state index contributed by atoms with van der Waals surface area (Å²) in [7, 11) is 3.06. The molecule has 4 nitrogen and oxygen atoms in total. The fraction of sp³-hybridized carbons (Fsp3) is 0.444. The smallest absolute Gasteiger partial charge is 0.316 e. The van der Waals surface area contributed by atoms with Crippen LogP contribution in [0, 0.1) is 12.3 Å². The molecule has 0 fully saturated rings. The van der Waals surface area contributed by atoms with Crippen molar-refractivity contribution in [2.75, 3.05) is 14.2 Å². The highest BCUT2D eigenvalue weighted by Gasteiger charge is 2.51. The predicted molar refractivity (Wildman–Crippen MR) is 82.0 cm³/mol. The van der Waals surface area contributed by atoms with E-state index in [1.54, 1.807) is 13.2 Å². The third kappa shape index (κ3) is 2.05. The fourth-order valence-electron chi connectivity index (χ4n) is 3.93. The molecule has 1 aromatic rings. The van der Waals surface area contributed by atoms with Crippen LogP contribution in [0.25, 0.3) is 0 Å². The highest BCUT2D eigenvalue weighted by molar-refractivity contribution is 5.95. The quantitative estimate of drug-likeness (QED) is 0.788. The van der Waals surface area contributed by atoms with E-state index in [9.17, 15) is 9.59 Å². The van der Waals surface area contributed by atoms with Crippen LogP contribution < -0.4 is 4.74 Å². The molecule has 0 radical (unpaired) electrons. The maximum atomic E-state index is 12.5. The lowest BCUT2D eigenvalue weighted by atomic mass is 9.59. The van der Waals surface area contributed by atoms with Gasteiger partial charge in [0.15, 0.2) is 5.78 Å². The van der Waals surface area contributed by atoms with Crippen molar-refractivity contribution in [3.8, 4) is 5.75 Å². The first kappa shape index (κ1) is 14.8. The topological polar surface area (TPSA) is 52.6 Å². The van der Waals surface area contributed by atoms with Gasteiger partial charge < -0.3 is 9.47 Å². The van der Waals surface area contributed by atoms with Crippen LogP contribution in [0.3, 0.4) is 0 Å². The number of aryl methyl sites for hydroxylation is 2. The maximum absolute atomic E-state index is 12.5. The minimum Gasteiger partial charge on any atom is -0.497 e. The zero-order valence-electron chi connectivity index (χ0n) is 13.1. The van der Waals surface area contributed by atoms with Gasteiger partial charge in [-0.15, -0.1) is 0 Å². The van der Waals surface area contributed by atoms with Crippen molar-refractivity contribution in [1.82, 2.24) is 0 Å². The van der Waals surface area contributed by atoms with Crippen molar-refractivity contribution < 1.29 is 19.1 Å². The summed E-state index contributed by atoms with van der Waals surface area (Å²) in [6, 6.07) is 3.99. The number of ketones is 1. The van der Waals surface area contributed by atoms with Crippen LogP contribution in [0.5, 0.6) is 5.75 Å². The summed E-state index contributed by atoms with van der Waals surface area (Å²) in [5.41, 5.74) is 2.63. The van der Waals surface area contributed by atoms with Crippen LogP contribution in [-0.4, -0.2) is 26.0 Å². The summed E-state index contributed by atoms with van der Waals surface area (Å²) < 4.78 is 10.4. The first-order valence-electron chi connectivity index (χ1n) is 7.49. The molecule has 3 rings (SSSR count). The van der Waals surface area contributed by atoms with Gasteiger partial charge in [-0.2, -0.15) is 0 Å². The Hall–Kier alpha value is -2.10. The molecule has 2 aliphatic rings. The van der Waals surface area contributed by atoms with Crippen LogP contribution in [-0.2, 0) is 20.7 Å². The van der Waals surface area contributed by atoms with Gasteiger partial charge in [-0.3, -0.25) is 9.59 Å². The molecule has 1 aromatic carbocycles. The molecule has 0 saturated carbocycles. The number of fused-ring (bicyclic) bond motifs is 3. The van der Waals surface area contributed by atoms with Gasteiger partial charge in [0, 0.05) is 12.3 Å². The number of carbonyl (C=O) groups is 2. The highest BCUT2D eigenvalue weighted by atomic mass is 16.5. The lowest BCUT2D eigenvalue weighted by Crippen LogP contribution is -2.43. The van der Waals surface area contributed by atoms with Gasteiger partial charge >= 0.3 is 5.97 Å². The second-order valence-electron chi connectivity index (χ2n) is 6.11. The standard InChI is InChI=1S/C18H20O4/c1-11-8-14(21-2)9-12-4-6-18(17(20)22-3)7-5-13(19)10-15(18)16(11)12/h5,7-9,15H,4,6,10H2,1-3H3/t15-,18+/m1/s1. The van der Waals surface area contributed by atoms with E-state index < -0.39 is 5.41 Å². The average Bonchev–Trinajstić information content (AvgIpc) is 2.53. The van der Waals surface area contributed by atoms with E-state index in [-0.39, 0.29) is 17.7 Å². The lowest BCUT2D eigenvalue weighted by molar-refractivity contribution is -0.152. The Balaban J connectivity index is 2.18. The van der Waals surface area contributed by atoms with Gasteiger partial charge in [0.2, 0.25) is 0 Å². The molecule has 0 aromatic heterocycles. The van der Waals surface area contributed by atoms with Crippen LogP contribution in [0.2, 0.25) is 0 Å². The Morgan fingerprint density at radius 1 is 1.32 bits per heavy atom. The van der Waals surface area contributed by atoms with E-state index in [0.717, 1.165) is 23.3 Å². The Bertz CT molecular complexity index is 674. The number of carbonyl (C=O) groups excluding carboxylic acids is 2. The largest absolute Gasteiger partial charge is 0.497 e. The third-order valence-corrected chi connectivity index (χ3v) is 5.00. The molecule has 4 heteroatoms. The monoisotopic (exact) mass is 300 g/mol. The molecule has 0 aliphatic heterocycles. The van der Waals surface area contributed by atoms with Gasteiger partial charge in [0.25, 0.3) is 0 Å². The summed E-state index contributed by atoms with van der Waals surface area (Å²) >= 11 is 0. The molecular formula is C18H20O4. The number of benzene rings is 1. The van der Waals surface area contributed by atoms with E-state index >= 15 is 0 Å². The molecule has 0 spiro atoms. The van der Waals surface area contributed by atoms with Gasteiger partial charge in [-0.25, -0.2) is 0 Å². The summed E-state index contributed by atoms with van der Waals surface area (Å²) in [5.74, 6) is 0.487. The number of esters is 1. The predicted octanol–water partition coefficient (Wildman–Crippen LogP) is 2.72. The van der Waals surface area contributed by atoms with Gasteiger partial charge in [-0.05, 0) is 54.7 Å². The van der Waals surface area contributed by atoms with E-state index in [1.807, 2.05) is 19.1 Å². The number of allylic oxidation sites excluding steroid dienone is 1. The van der Waals surface area contributed by atoms with E-state index in [2.05, 4.69) is 0 Å². The van der Waals surface area contributed by atoms with Gasteiger partial charge in [0.1, 0.15) is 5.75 Å². The summed E-state index contributed by atoms with van der Waals surface area (Å²) in [6.45, 7) is 2.01. The normalized spacial score (nSPS) is 26.1. The van der Waals surface area contributed by atoms with Gasteiger partial charge in [-0.1, -0.05) is 6.08 Å². The number of methoxy groups -OCH3 is 2. The number of hydrogen-bond acceptors (Lipinski definition) is 4. The highest BCUT2D eigenvalue weighted by Crippen LogP contribution is 2.52. The first-order chi connectivity index (χ1) is 10.5. The molecule has 0 N–H and O–H groups in total. The molecular weight excluding hydrogens is 280 g/mol. The minimum absolute atomic E-state index is 0.0626. The Labute approximate surface area is 130 Å². The van der Waals surface area contributed by atoms with E-state index in [0.29, 0.717) is 12.8 Å². The average molecular weight is 300 g/mol. The summed E-state index contributed by atoms with van der Waals surface area (Å²) in [6.07, 6.45) is 5.09. The SMILES string of the molecule is COC(=O)[C@@]12C=CC(=O)C[C@@H]1c1c(C)cc(OC)cc1CC2. The molecule has 0 saturated heterocycles. The number of hydrogen-bond donors (Lipinski definition) is 0. The third-order valence-electron chi connectivity index (χ3n) is 5.00. The van der Waals surface area contributed by atoms with Gasteiger partial charge in [0.05, 0.1) is 19.6 Å². The fourth-order valence-corrected chi connectivity index (χ4v) is 3.93. The maximum Gasteiger partial charge on any atom is 0.316 e. The van der Waals surface area contributed by atoms with E-state index in [1.165, 1.54) is 18.7 Å². The van der Waals surface area contributed by atoms with Crippen molar-refractivity contribution in [2.45, 2.75) is 32.1 Å². The molecule has 0 unspecified atom stereocenters. The zero-order valence-corrected chi connectivity index (χ0v) is 13.1. The van der Waals surface area contributed by atoms with Crippen molar-refractivity contribution in [3.05, 3.63) is 41.0 Å². The Morgan fingerprint density at radius 2 is 2.09 bits per heavy atom. The minimum atomic E-state index is -0.713. The summed E-state index contributed by atoms with van der Waals surface area (Å²) in [5, 5.41) is 0. The summed E-state index contributed by atoms with van der Waals surface area (Å²) in [4.78, 5) is 24.4. The van der Waals surface area contributed by atoms with Crippen LogP contribution in [0.4, 0.5) is 0 Å². The van der Waals surface area contributed by atoms with Crippen LogP contribution >= 0.6 is 0 Å². The van der Waals surface area contributed by atoms with Crippen molar-refractivity contribution >= 4 is 11.8 Å². The Kier molecular flexibility index (Phi) is 3.55. The second kappa shape index (κ2) is 5.27. The molecule has 2 aliphatic carbocycles. The van der Waals surface area contributed by atoms with Crippen molar-refractivity contribution in [3.63, 3.8) is 0 Å². The number of ether oxygens (including phenoxy) is 2. The lowest BCUT2D eigenvalue weighted by Gasteiger charge is -2.43. The van der Waals surface area contributed by atoms with Crippen LogP contribution in [0.15, 0.2) is 24.3 Å². The second-order valence-corrected chi connectivity index (χ2v) is 6.11. The van der Waals surface area contributed by atoms with Crippen molar-refractivity contribution in [2.24, 2.45) is 5.41 Å². The zero-order chi connectivity index (χ0) is 15.9. The Morgan fingerprint density at radius 3 is 2.77 bits per heavy atom. The first-order valence-corrected chi connectivity index (χ1v) is 7.49. The molecule has 2 atom stereocenters. The molecule has 0 bridgehead atoms. The molecule has 22 heavy (non-hydrogen) atoms. The molecule has 0 amide bonds. The molecule has 0 heterocycles.